The van der Waals surface area contributed by atoms with Gasteiger partial charge in [0.2, 0.25) is 10.0 Å². The molecule has 1 atom stereocenters. The minimum Gasteiger partial charge on any atom is -0.492 e. The molecule has 9 heteroatoms. The van der Waals surface area contributed by atoms with Crippen LogP contribution < -0.4 is 4.74 Å². The lowest BCUT2D eigenvalue weighted by atomic mass is 10.0. The summed E-state index contributed by atoms with van der Waals surface area (Å²) in [4.78, 5) is 2.68. The van der Waals surface area contributed by atoms with E-state index in [9.17, 15) is 8.42 Å². The van der Waals surface area contributed by atoms with Gasteiger partial charge in [-0.15, -0.1) is 0 Å². The molecule has 0 spiro atoms. The monoisotopic (exact) mass is 426 g/mol. The molecule has 3 saturated heterocycles. The molecule has 1 aromatic carbocycles. The van der Waals surface area contributed by atoms with Crippen molar-refractivity contribution >= 4 is 10.0 Å². The highest BCUT2D eigenvalue weighted by atomic mass is 32.2. The summed E-state index contributed by atoms with van der Waals surface area (Å²) >= 11 is 0. The molecular weight excluding hydrogens is 396 g/mol. The summed E-state index contributed by atoms with van der Waals surface area (Å²) in [6, 6.07) is 6.97. The zero-order valence-electron chi connectivity index (χ0n) is 16.7. The van der Waals surface area contributed by atoms with Crippen molar-refractivity contribution in [1.29, 1.82) is 0 Å². The second kappa shape index (κ2) is 9.72. The summed E-state index contributed by atoms with van der Waals surface area (Å²) in [5.41, 5.74) is 0. The standard InChI is InChI=1S/C20H30N2O6S/c23-29(24,22-10-12-25-13-11-22)18-6-4-17(5-7-18)26-14-9-21-8-2-1-3-19(21)20-27-15-16-28-20/h4-7,19-20H,1-3,8-16H2. The first-order chi connectivity index (χ1) is 14.1. The van der Waals surface area contributed by atoms with E-state index in [2.05, 4.69) is 4.90 Å². The van der Waals surface area contributed by atoms with Crippen LogP contribution in [0.1, 0.15) is 19.3 Å². The Balaban J connectivity index is 1.29. The fraction of sp³-hybridized carbons (Fsp3) is 0.700. The largest absolute Gasteiger partial charge is 0.492 e. The van der Waals surface area contributed by atoms with Gasteiger partial charge in [0.25, 0.3) is 0 Å². The molecule has 0 bridgehead atoms. The smallest absolute Gasteiger partial charge is 0.243 e. The van der Waals surface area contributed by atoms with Crippen LogP contribution in [-0.4, -0.2) is 89.2 Å². The number of ether oxygens (including phenoxy) is 4. The molecule has 0 saturated carbocycles. The molecular formula is C20H30N2O6S. The van der Waals surface area contributed by atoms with Gasteiger partial charge in [-0.2, -0.15) is 4.31 Å². The predicted molar refractivity (Wildman–Crippen MR) is 106 cm³/mol. The van der Waals surface area contributed by atoms with Gasteiger partial charge in [-0.1, -0.05) is 6.42 Å². The minimum absolute atomic E-state index is 0.125. The number of benzene rings is 1. The minimum atomic E-state index is -3.47. The zero-order chi connectivity index (χ0) is 20.1. The third-order valence-electron chi connectivity index (χ3n) is 5.70. The average Bonchev–Trinajstić information content (AvgIpc) is 3.30. The molecule has 0 N–H and O–H groups in total. The van der Waals surface area contributed by atoms with Gasteiger partial charge in [-0.05, 0) is 43.7 Å². The van der Waals surface area contributed by atoms with Crippen LogP contribution in [0.4, 0.5) is 0 Å². The topological polar surface area (TPSA) is 77.5 Å². The maximum atomic E-state index is 12.7. The lowest BCUT2D eigenvalue weighted by Crippen LogP contribution is -2.48. The van der Waals surface area contributed by atoms with Gasteiger partial charge in [0, 0.05) is 19.6 Å². The first kappa shape index (κ1) is 21.0. The number of rotatable bonds is 7. The lowest BCUT2D eigenvalue weighted by Gasteiger charge is -2.37. The Morgan fingerprint density at radius 2 is 1.69 bits per heavy atom. The molecule has 3 heterocycles. The fourth-order valence-corrected chi connectivity index (χ4v) is 5.53. The van der Waals surface area contributed by atoms with Crippen molar-refractivity contribution in [2.45, 2.75) is 36.5 Å². The Morgan fingerprint density at radius 3 is 2.41 bits per heavy atom. The van der Waals surface area contributed by atoms with Crippen LogP contribution in [0.25, 0.3) is 0 Å². The van der Waals surface area contributed by atoms with Crippen molar-refractivity contribution in [2.75, 3.05) is 59.2 Å². The normalized spacial score (nSPS) is 25.3. The second-order valence-electron chi connectivity index (χ2n) is 7.55. The van der Waals surface area contributed by atoms with Crippen LogP contribution in [-0.2, 0) is 24.2 Å². The molecule has 1 unspecified atom stereocenters. The lowest BCUT2D eigenvalue weighted by molar-refractivity contribution is -0.110. The van der Waals surface area contributed by atoms with E-state index in [0.717, 1.165) is 19.5 Å². The van der Waals surface area contributed by atoms with E-state index in [4.69, 9.17) is 18.9 Å². The average molecular weight is 427 g/mol. The van der Waals surface area contributed by atoms with Crippen LogP contribution in [0, 0.1) is 0 Å². The molecule has 0 aromatic heterocycles. The highest BCUT2D eigenvalue weighted by molar-refractivity contribution is 7.89. The number of nitrogens with zero attached hydrogens (tertiary/aromatic N) is 2. The maximum absolute atomic E-state index is 12.7. The van der Waals surface area contributed by atoms with Crippen molar-refractivity contribution < 1.29 is 27.4 Å². The van der Waals surface area contributed by atoms with E-state index >= 15 is 0 Å². The maximum Gasteiger partial charge on any atom is 0.243 e. The second-order valence-corrected chi connectivity index (χ2v) is 9.48. The molecule has 0 amide bonds. The van der Waals surface area contributed by atoms with Gasteiger partial charge in [-0.3, -0.25) is 4.90 Å². The Kier molecular flexibility index (Phi) is 7.04. The number of sulfonamides is 1. The number of hydrogen-bond donors (Lipinski definition) is 0. The molecule has 1 aromatic rings. The van der Waals surface area contributed by atoms with Gasteiger partial charge < -0.3 is 18.9 Å². The Morgan fingerprint density at radius 1 is 0.966 bits per heavy atom. The molecule has 29 heavy (non-hydrogen) atoms. The van der Waals surface area contributed by atoms with E-state index in [1.165, 1.54) is 17.1 Å². The summed E-state index contributed by atoms with van der Waals surface area (Å²) < 4.78 is 49.4. The molecule has 4 rings (SSSR count). The number of piperidine rings is 1. The van der Waals surface area contributed by atoms with E-state index in [-0.39, 0.29) is 12.3 Å². The van der Waals surface area contributed by atoms with Gasteiger partial charge in [-0.25, -0.2) is 8.42 Å². The third kappa shape index (κ3) is 5.10. The number of morpholine rings is 1. The van der Waals surface area contributed by atoms with E-state index in [1.54, 1.807) is 24.3 Å². The molecule has 8 nitrogen and oxygen atoms in total. The first-order valence-corrected chi connectivity index (χ1v) is 11.9. The zero-order valence-corrected chi connectivity index (χ0v) is 17.5. The van der Waals surface area contributed by atoms with E-state index in [0.29, 0.717) is 56.8 Å². The van der Waals surface area contributed by atoms with Gasteiger partial charge in [0.05, 0.1) is 37.4 Å². The van der Waals surface area contributed by atoms with Crippen molar-refractivity contribution in [2.24, 2.45) is 0 Å². The third-order valence-corrected chi connectivity index (χ3v) is 7.62. The number of likely N-dealkylation sites (tertiary alicyclic amines) is 1. The first-order valence-electron chi connectivity index (χ1n) is 10.4. The van der Waals surface area contributed by atoms with Crippen molar-refractivity contribution in [3.8, 4) is 5.75 Å². The highest BCUT2D eigenvalue weighted by Gasteiger charge is 2.33. The fourth-order valence-electron chi connectivity index (χ4n) is 4.13. The summed E-state index contributed by atoms with van der Waals surface area (Å²) in [7, 11) is -3.47. The molecule has 3 aliphatic heterocycles. The highest BCUT2D eigenvalue weighted by Crippen LogP contribution is 2.25. The summed E-state index contributed by atoms with van der Waals surface area (Å²) in [5.74, 6) is 0.674. The van der Waals surface area contributed by atoms with E-state index < -0.39 is 10.0 Å². The van der Waals surface area contributed by atoms with Crippen LogP contribution in [0.5, 0.6) is 5.75 Å². The van der Waals surface area contributed by atoms with Crippen LogP contribution in [0.3, 0.4) is 0 Å². The van der Waals surface area contributed by atoms with Gasteiger partial charge in [0.15, 0.2) is 6.29 Å². The van der Waals surface area contributed by atoms with Gasteiger partial charge >= 0.3 is 0 Å². The Hall–Kier alpha value is -1.23. The summed E-state index contributed by atoms with van der Waals surface area (Å²) in [6.07, 6.45) is 3.33. The number of hydrogen-bond acceptors (Lipinski definition) is 7. The SMILES string of the molecule is O=S(=O)(c1ccc(OCCN2CCCCC2C2OCCO2)cc1)N1CCOCC1. The quantitative estimate of drug-likeness (QED) is 0.651. The van der Waals surface area contributed by atoms with Crippen LogP contribution >= 0.6 is 0 Å². The van der Waals surface area contributed by atoms with Crippen LogP contribution in [0.2, 0.25) is 0 Å². The van der Waals surface area contributed by atoms with Crippen molar-refractivity contribution in [3.63, 3.8) is 0 Å². The molecule has 0 aliphatic carbocycles. The van der Waals surface area contributed by atoms with Crippen LogP contribution in [0.15, 0.2) is 29.2 Å². The van der Waals surface area contributed by atoms with E-state index in [1.807, 2.05) is 0 Å². The van der Waals surface area contributed by atoms with Gasteiger partial charge in [0.1, 0.15) is 12.4 Å². The predicted octanol–water partition coefficient (Wildman–Crippen LogP) is 1.31. The summed E-state index contributed by atoms with van der Waals surface area (Å²) in [6.45, 7) is 5.37. The molecule has 3 fully saturated rings. The van der Waals surface area contributed by atoms with Crippen molar-refractivity contribution in [1.82, 2.24) is 9.21 Å². The molecule has 162 valence electrons. The van der Waals surface area contributed by atoms with Crippen molar-refractivity contribution in [3.05, 3.63) is 24.3 Å². The Labute approximate surface area is 172 Å². The Bertz CT molecular complexity index is 745. The molecule has 3 aliphatic rings. The summed E-state index contributed by atoms with van der Waals surface area (Å²) in [5, 5.41) is 0. The molecule has 0 radical (unpaired) electrons.